The molecule has 0 aliphatic carbocycles. The lowest BCUT2D eigenvalue weighted by Crippen LogP contribution is -2.34. The molecule has 1 N–H and O–H groups in total. The van der Waals surface area contributed by atoms with Crippen molar-refractivity contribution in [2.24, 2.45) is 0 Å². The summed E-state index contributed by atoms with van der Waals surface area (Å²) in [5, 5.41) is 1.78. The first-order valence-corrected chi connectivity index (χ1v) is 5.15. The SMILES string of the molecule is C=C/C(=C\C=C(/C)CC)C(=O)NCC(F)(F)F. The Kier molecular flexibility index (Phi) is 6.31. The molecular formula is C12H16F3NO. The van der Waals surface area contributed by atoms with Gasteiger partial charge in [-0.2, -0.15) is 13.2 Å². The second kappa shape index (κ2) is 6.93. The van der Waals surface area contributed by atoms with E-state index in [2.05, 4.69) is 6.58 Å². The predicted octanol–water partition coefficient (Wildman–Crippen LogP) is 3.13. The van der Waals surface area contributed by atoms with Crippen LogP contribution in [0, 0.1) is 0 Å². The van der Waals surface area contributed by atoms with Crippen LogP contribution in [0.25, 0.3) is 0 Å². The number of halogens is 3. The summed E-state index contributed by atoms with van der Waals surface area (Å²) in [4.78, 5) is 11.3. The van der Waals surface area contributed by atoms with Crippen LogP contribution < -0.4 is 5.32 Å². The van der Waals surface area contributed by atoms with Gasteiger partial charge in [0.05, 0.1) is 0 Å². The van der Waals surface area contributed by atoms with Gasteiger partial charge in [0, 0.05) is 5.57 Å². The molecule has 17 heavy (non-hydrogen) atoms. The molecule has 1 amide bonds. The van der Waals surface area contributed by atoms with E-state index in [1.54, 1.807) is 11.4 Å². The van der Waals surface area contributed by atoms with E-state index in [1.807, 2.05) is 13.8 Å². The number of carbonyl (C=O) groups excluding carboxylic acids is 1. The first-order valence-electron chi connectivity index (χ1n) is 5.15. The second-order valence-corrected chi connectivity index (χ2v) is 3.49. The van der Waals surface area contributed by atoms with Crippen molar-refractivity contribution in [3.63, 3.8) is 0 Å². The van der Waals surface area contributed by atoms with E-state index in [4.69, 9.17) is 0 Å². The largest absolute Gasteiger partial charge is 0.405 e. The lowest BCUT2D eigenvalue weighted by atomic mass is 10.1. The van der Waals surface area contributed by atoms with Crippen LogP contribution in [0.5, 0.6) is 0 Å². The third-order valence-corrected chi connectivity index (χ3v) is 2.04. The molecule has 0 saturated carbocycles. The first kappa shape index (κ1) is 15.5. The number of hydrogen-bond donors (Lipinski definition) is 1. The summed E-state index contributed by atoms with van der Waals surface area (Å²) in [6, 6.07) is 0. The van der Waals surface area contributed by atoms with Crippen molar-refractivity contribution in [2.45, 2.75) is 26.4 Å². The molecule has 0 atom stereocenters. The fraction of sp³-hybridized carbons (Fsp3) is 0.417. The fourth-order valence-electron chi connectivity index (χ4n) is 0.869. The van der Waals surface area contributed by atoms with Crippen molar-refractivity contribution in [1.82, 2.24) is 5.32 Å². The fourth-order valence-corrected chi connectivity index (χ4v) is 0.869. The van der Waals surface area contributed by atoms with E-state index in [0.717, 1.165) is 12.0 Å². The molecule has 0 fully saturated rings. The van der Waals surface area contributed by atoms with Gasteiger partial charge in [-0.05, 0) is 19.4 Å². The van der Waals surface area contributed by atoms with E-state index in [1.165, 1.54) is 12.2 Å². The average molecular weight is 247 g/mol. The summed E-state index contributed by atoms with van der Waals surface area (Å²) in [7, 11) is 0. The Hall–Kier alpha value is -1.52. The molecule has 0 aromatic carbocycles. The highest BCUT2D eigenvalue weighted by Gasteiger charge is 2.27. The van der Waals surface area contributed by atoms with Gasteiger partial charge in [0.1, 0.15) is 6.54 Å². The predicted molar refractivity (Wildman–Crippen MR) is 61.4 cm³/mol. The summed E-state index contributed by atoms with van der Waals surface area (Å²) < 4.78 is 35.6. The van der Waals surface area contributed by atoms with Crippen molar-refractivity contribution in [2.75, 3.05) is 6.54 Å². The maximum absolute atomic E-state index is 11.9. The van der Waals surface area contributed by atoms with E-state index in [-0.39, 0.29) is 5.57 Å². The molecule has 96 valence electrons. The van der Waals surface area contributed by atoms with Crippen LogP contribution in [-0.4, -0.2) is 18.6 Å². The standard InChI is InChI=1S/C12H16F3NO/c1-4-9(3)6-7-10(5-2)11(17)16-8-12(13,14)15/h5-7H,2,4,8H2,1,3H3,(H,16,17)/b9-6+,10-7+. The Morgan fingerprint density at radius 2 is 1.94 bits per heavy atom. The number of amides is 1. The maximum atomic E-state index is 11.9. The quantitative estimate of drug-likeness (QED) is 0.587. The van der Waals surface area contributed by atoms with E-state index < -0.39 is 18.6 Å². The zero-order valence-electron chi connectivity index (χ0n) is 9.90. The van der Waals surface area contributed by atoms with Crippen molar-refractivity contribution in [3.8, 4) is 0 Å². The molecule has 0 heterocycles. The zero-order valence-corrected chi connectivity index (χ0v) is 9.90. The first-order chi connectivity index (χ1) is 7.80. The molecule has 0 radical (unpaired) electrons. The van der Waals surface area contributed by atoms with Crippen LogP contribution in [0.3, 0.4) is 0 Å². The smallest absolute Gasteiger partial charge is 0.343 e. The van der Waals surface area contributed by atoms with Crippen molar-refractivity contribution in [1.29, 1.82) is 0 Å². The third kappa shape index (κ3) is 7.38. The Bertz CT molecular complexity index is 340. The van der Waals surface area contributed by atoms with Gasteiger partial charge in [0.2, 0.25) is 0 Å². The van der Waals surface area contributed by atoms with Gasteiger partial charge in [0.25, 0.3) is 5.91 Å². The van der Waals surface area contributed by atoms with E-state index >= 15 is 0 Å². The minimum Gasteiger partial charge on any atom is -0.343 e. The van der Waals surface area contributed by atoms with Crippen LogP contribution in [0.15, 0.2) is 36.0 Å². The Balaban J connectivity index is 4.57. The molecule has 0 bridgehead atoms. The van der Waals surface area contributed by atoms with Crippen LogP contribution in [0.2, 0.25) is 0 Å². The Morgan fingerprint density at radius 1 is 1.35 bits per heavy atom. The summed E-state index contributed by atoms with van der Waals surface area (Å²) in [5.74, 6) is -0.780. The molecule has 0 aromatic heterocycles. The monoisotopic (exact) mass is 247 g/mol. The topological polar surface area (TPSA) is 29.1 Å². The van der Waals surface area contributed by atoms with Gasteiger partial charge >= 0.3 is 6.18 Å². The Morgan fingerprint density at radius 3 is 2.35 bits per heavy atom. The normalized spacial score (nSPS) is 13.5. The Labute approximate surface area is 98.9 Å². The van der Waals surface area contributed by atoms with Gasteiger partial charge < -0.3 is 5.32 Å². The molecule has 0 aromatic rings. The van der Waals surface area contributed by atoms with Gasteiger partial charge in [-0.1, -0.05) is 31.2 Å². The minimum atomic E-state index is -4.41. The number of nitrogens with one attached hydrogen (secondary N) is 1. The number of rotatable bonds is 5. The van der Waals surface area contributed by atoms with Gasteiger partial charge in [-0.25, -0.2) is 0 Å². The van der Waals surface area contributed by atoms with E-state index in [9.17, 15) is 18.0 Å². The lowest BCUT2D eigenvalue weighted by molar-refractivity contribution is -0.136. The van der Waals surface area contributed by atoms with Crippen LogP contribution in [-0.2, 0) is 4.79 Å². The third-order valence-electron chi connectivity index (χ3n) is 2.04. The molecule has 0 aliphatic heterocycles. The minimum absolute atomic E-state index is 0.113. The molecule has 0 aliphatic rings. The van der Waals surface area contributed by atoms with Crippen LogP contribution >= 0.6 is 0 Å². The van der Waals surface area contributed by atoms with Crippen LogP contribution in [0.1, 0.15) is 20.3 Å². The second-order valence-electron chi connectivity index (χ2n) is 3.49. The van der Waals surface area contributed by atoms with Crippen molar-refractivity contribution in [3.05, 3.63) is 36.0 Å². The summed E-state index contributed by atoms with van der Waals surface area (Å²) >= 11 is 0. The number of hydrogen-bond acceptors (Lipinski definition) is 1. The molecular weight excluding hydrogens is 231 g/mol. The molecule has 0 unspecified atom stereocenters. The number of allylic oxidation sites excluding steroid dienone is 3. The van der Waals surface area contributed by atoms with Gasteiger partial charge in [0.15, 0.2) is 0 Å². The van der Waals surface area contributed by atoms with E-state index in [0.29, 0.717) is 0 Å². The lowest BCUT2D eigenvalue weighted by Gasteiger charge is -2.08. The highest BCUT2D eigenvalue weighted by Crippen LogP contribution is 2.12. The van der Waals surface area contributed by atoms with Crippen molar-refractivity contribution >= 4 is 5.91 Å². The molecule has 2 nitrogen and oxygen atoms in total. The van der Waals surface area contributed by atoms with Gasteiger partial charge in [-0.15, -0.1) is 0 Å². The maximum Gasteiger partial charge on any atom is 0.405 e. The molecule has 5 heteroatoms. The highest BCUT2D eigenvalue weighted by molar-refractivity contribution is 5.96. The highest BCUT2D eigenvalue weighted by atomic mass is 19.4. The number of alkyl halides is 3. The van der Waals surface area contributed by atoms with Gasteiger partial charge in [-0.3, -0.25) is 4.79 Å². The summed E-state index contributed by atoms with van der Waals surface area (Å²) in [6.45, 7) is 5.86. The molecule has 0 saturated heterocycles. The number of carbonyl (C=O) groups is 1. The molecule has 0 spiro atoms. The molecule has 0 rings (SSSR count). The zero-order chi connectivity index (χ0) is 13.5. The van der Waals surface area contributed by atoms with Crippen molar-refractivity contribution < 1.29 is 18.0 Å². The summed E-state index contributed by atoms with van der Waals surface area (Å²) in [6.07, 6.45) is 0.773. The average Bonchev–Trinajstić information content (AvgIpc) is 2.25. The summed E-state index contributed by atoms with van der Waals surface area (Å²) in [5.41, 5.74) is 1.13. The van der Waals surface area contributed by atoms with Crippen LogP contribution in [0.4, 0.5) is 13.2 Å².